The van der Waals surface area contributed by atoms with E-state index in [1.54, 1.807) is 4.90 Å². The fraction of sp³-hybridized carbons (Fsp3) is 0.381. The molecule has 0 aliphatic carbocycles. The van der Waals surface area contributed by atoms with Gasteiger partial charge < -0.3 is 14.7 Å². The summed E-state index contributed by atoms with van der Waals surface area (Å²) in [6.45, 7) is 1.59. The highest BCUT2D eigenvalue weighted by Gasteiger charge is 2.28. The lowest BCUT2D eigenvalue weighted by Gasteiger charge is -2.33. The minimum absolute atomic E-state index is 0.235. The van der Waals surface area contributed by atoms with Crippen molar-refractivity contribution in [3.63, 3.8) is 0 Å². The van der Waals surface area contributed by atoms with Gasteiger partial charge in [0.1, 0.15) is 6.61 Å². The number of carbonyl (C=O) groups excluding carboxylic acids is 1. The Hall–Kier alpha value is -2.33. The number of ether oxygens (including phenoxy) is 1. The molecule has 1 N–H and O–H groups in total. The molecule has 1 heterocycles. The number of aliphatic hydroxyl groups is 1. The van der Waals surface area contributed by atoms with E-state index in [1.807, 2.05) is 60.7 Å². The van der Waals surface area contributed by atoms with Gasteiger partial charge in [-0.2, -0.15) is 0 Å². The van der Waals surface area contributed by atoms with Crippen molar-refractivity contribution in [3.05, 3.63) is 71.8 Å². The van der Waals surface area contributed by atoms with Gasteiger partial charge in [0.2, 0.25) is 0 Å². The largest absolute Gasteiger partial charge is 0.445 e. The van der Waals surface area contributed by atoms with Gasteiger partial charge in [-0.05, 0) is 36.3 Å². The van der Waals surface area contributed by atoms with Crippen LogP contribution in [0.1, 0.15) is 24.0 Å². The Kier molecular flexibility index (Phi) is 6.07. The van der Waals surface area contributed by atoms with Crippen LogP contribution in [-0.2, 0) is 17.8 Å². The Balaban J connectivity index is 1.42. The Morgan fingerprint density at radius 3 is 2.16 bits per heavy atom. The summed E-state index contributed by atoms with van der Waals surface area (Å²) < 4.78 is 5.38. The third kappa shape index (κ3) is 5.07. The minimum atomic E-state index is -0.357. The Morgan fingerprint density at radius 2 is 1.56 bits per heavy atom. The van der Waals surface area contributed by atoms with Crippen LogP contribution < -0.4 is 0 Å². The van der Waals surface area contributed by atoms with Crippen LogP contribution in [0.2, 0.25) is 0 Å². The van der Waals surface area contributed by atoms with Crippen molar-refractivity contribution in [1.29, 1.82) is 0 Å². The summed E-state index contributed by atoms with van der Waals surface area (Å²) in [7, 11) is 0. The van der Waals surface area contributed by atoms with Gasteiger partial charge in [-0.15, -0.1) is 0 Å². The highest BCUT2D eigenvalue weighted by molar-refractivity contribution is 5.67. The molecular weight excluding hydrogens is 314 g/mol. The van der Waals surface area contributed by atoms with Crippen molar-refractivity contribution in [2.45, 2.75) is 32.0 Å². The van der Waals surface area contributed by atoms with Crippen molar-refractivity contribution in [3.8, 4) is 0 Å². The summed E-state index contributed by atoms with van der Waals surface area (Å²) >= 11 is 0. The van der Waals surface area contributed by atoms with Crippen LogP contribution in [0.5, 0.6) is 0 Å². The molecule has 132 valence electrons. The number of rotatable bonds is 5. The molecule has 1 aliphatic heterocycles. The minimum Gasteiger partial charge on any atom is -0.445 e. The first kappa shape index (κ1) is 17.5. The number of aliphatic hydroxyl groups excluding tert-OH is 1. The van der Waals surface area contributed by atoms with Gasteiger partial charge in [0, 0.05) is 13.1 Å². The number of carbonyl (C=O) groups is 1. The van der Waals surface area contributed by atoms with Gasteiger partial charge >= 0.3 is 6.09 Å². The summed E-state index contributed by atoms with van der Waals surface area (Å²) in [5.41, 5.74) is 2.14. The molecule has 1 atom stereocenters. The quantitative estimate of drug-likeness (QED) is 0.905. The molecule has 2 aromatic carbocycles. The average Bonchev–Trinajstić information content (AvgIpc) is 2.68. The molecule has 0 radical (unpaired) electrons. The standard InChI is InChI=1S/C21H25NO3/c23-20(15-17-7-3-1-4-8-17)19-11-13-22(14-12-19)21(24)25-16-18-9-5-2-6-10-18/h1-10,19-20,23H,11-16H2. The zero-order valence-corrected chi connectivity index (χ0v) is 14.4. The van der Waals surface area contributed by atoms with Crippen molar-refractivity contribution in [2.75, 3.05) is 13.1 Å². The fourth-order valence-electron chi connectivity index (χ4n) is 3.30. The molecule has 1 amide bonds. The van der Waals surface area contributed by atoms with E-state index in [-0.39, 0.29) is 18.1 Å². The van der Waals surface area contributed by atoms with Crippen LogP contribution in [-0.4, -0.2) is 35.3 Å². The number of amides is 1. The first-order chi connectivity index (χ1) is 12.2. The van der Waals surface area contributed by atoms with Crippen LogP contribution >= 0.6 is 0 Å². The third-order valence-corrected chi connectivity index (χ3v) is 4.83. The summed E-state index contributed by atoms with van der Waals surface area (Å²) in [5.74, 6) is 0.235. The molecule has 0 bridgehead atoms. The Labute approximate surface area is 149 Å². The van der Waals surface area contributed by atoms with Gasteiger partial charge in [0.15, 0.2) is 0 Å². The highest BCUT2D eigenvalue weighted by Crippen LogP contribution is 2.23. The molecule has 4 nitrogen and oxygen atoms in total. The third-order valence-electron chi connectivity index (χ3n) is 4.83. The van der Waals surface area contributed by atoms with Gasteiger partial charge in [-0.25, -0.2) is 4.79 Å². The smallest absolute Gasteiger partial charge is 0.410 e. The van der Waals surface area contributed by atoms with Crippen molar-refractivity contribution in [1.82, 2.24) is 4.90 Å². The van der Waals surface area contributed by atoms with E-state index in [0.717, 1.165) is 24.0 Å². The van der Waals surface area contributed by atoms with E-state index in [2.05, 4.69) is 0 Å². The van der Waals surface area contributed by atoms with Gasteiger partial charge in [0.05, 0.1) is 6.10 Å². The molecule has 0 saturated carbocycles. The normalized spacial score (nSPS) is 16.4. The van der Waals surface area contributed by atoms with Crippen molar-refractivity contribution in [2.24, 2.45) is 5.92 Å². The van der Waals surface area contributed by atoms with Crippen molar-refractivity contribution >= 4 is 6.09 Å². The lowest BCUT2D eigenvalue weighted by molar-refractivity contribution is 0.0456. The summed E-state index contributed by atoms with van der Waals surface area (Å²) in [6.07, 6.45) is 1.68. The molecular formula is C21H25NO3. The van der Waals surface area contributed by atoms with Crippen LogP contribution in [0.4, 0.5) is 4.79 Å². The molecule has 2 aromatic rings. The van der Waals surface area contributed by atoms with E-state index < -0.39 is 0 Å². The number of benzene rings is 2. The molecule has 0 aromatic heterocycles. The summed E-state index contributed by atoms with van der Waals surface area (Å²) in [4.78, 5) is 13.9. The Morgan fingerprint density at radius 1 is 1.00 bits per heavy atom. The first-order valence-corrected chi connectivity index (χ1v) is 8.90. The van der Waals surface area contributed by atoms with Crippen LogP contribution in [0.15, 0.2) is 60.7 Å². The monoisotopic (exact) mass is 339 g/mol. The number of likely N-dealkylation sites (tertiary alicyclic amines) is 1. The van der Waals surface area contributed by atoms with Crippen molar-refractivity contribution < 1.29 is 14.6 Å². The molecule has 3 rings (SSSR count). The van der Waals surface area contributed by atoms with E-state index >= 15 is 0 Å². The number of hydrogen-bond donors (Lipinski definition) is 1. The number of nitrogens with zero attached hydrogens (tertiary/aromatic N) is 1. The molecule has 25 heavy (non-hydrogen) atoms. The predicted octanol–water partition coefficient (Wildman–Crippen LogP) is 3.64. The maximum absolute atomic E-state index is 12.2. The SMILES string of the molecule is O=C(OCc1ccccc1)N1CCC(C(O)Cc2ccccc2)CC1. The fourth-order valence-corrected chi connectivity index (χ4v) is 3.30. The topological polar surface area (TPSA) is 49.8 Å². The summed E-state index contributed by atoms with van der Waals surface area (Å²) in [6, 6.07) is 19.7. The summed E-state index contributed by atoms with van der Waals surface area (Å²) in [5, 5.41) is 10.5. The lowest BCUT2D eigenvalue weighted by atomic mass is 9.88. The van der Waals surface area contributed by atoms with E-state index in [0.29, 0.717) is 26.1 Å². The average molecular weight is 339 g/mol. The zero-order valence-electron chi connectivity index (χ0n) is 14.4. The maximum atomic E-state index is 12.2. The maximum Gasteiger partial charge on any atom is 0.410 e. The van der Waals surface area contributed by atoms with E-state index in [4.69, 9.17) is 4.74 Å². The Bertz CT molecular complexity index is 651. The number of piperidine rings is 1. The van der Waals surface area contributed by atoms with Crippen LogP contribution in [0.25, 0.3) is 0 Å². The van der Waals surface area contributed by atoms with Gasteiger partial charge in [0.25, 0.3) is 0 Å². The second-order valence-electron chi connectivity index (χ2n) is 6.62. The second kappa shape index (κ2) is 8.67. The molecule has 4 heteroatoms. The molecule has 1 saturated heterocycles. The molecule has 1 unspecified atom stereocenters. The lowest BCUT2D eigenvalue weighted by Crippen LogP contribution is -2.41. The van der Waals surface area contributed by atoms with E-state index in [1.165, 1.54) is 0 Å². The predicted molar refractivity (Wildman–Crippen MR) is 97.1 cm³/mol. The van der Waals surface area contributed by atoms with Gasteiger partial charge in [-0.3, -0.25) is 0 Å². The van der Waals surface area contributed by atoms with E-state index in [9.17, 15) is 9.90 Å². The highest BCUT2D eigenvalue weighted by atomic mass is 16.6. The molecule has 1 aliphatic rings. The second-order valence-corrected chi connectivity index (χ2v) is 6.62. The van der Waals surface area contributed by atoms with Gasteiger partial charge in [-0.1, -0.05) is 60.7 Å². The van der Waals surface area contributed by atoms with Crippen LogP contribution in [0.3, 0.4) is 0 Å². The molecule has 0 spiro atoms. The molecule has 1 fully saturated rings. The number of hydrogen-bond acceptors (Lipinski definition) is 3. The zero-order chi connectivity index (χ0) is 17.5. The van der Waals surface area contributed by atoms with Crippen LogP contribution in [0, 0.1) is 5.92 Å². The first-order valence-electron chi connectivity index (χ1n) is 8.90.